The monoisotopic (exact) mass is 208 g/mol. The van der Waals surface area contributed by atoms with Crippen LogP contribution in [0.5, 0.6) is 0 Å². The van der Waals surface area contributed by atoms with E-state index in [1.807, 2.05) is 19.9 Å². The highest BCUT2D eigenvalue weighted by Crippen LogP contribution is 2.03. The molecule has 0 aliphatic carbocycles. The Morgan fingerprint density at radius 1 is 1.67 bits per heavy atom. The molecule has 0 aliphatic rings. The Hall–Kier alpha value is -1.42. The van der Waals surface area contributed by atoms with Gasteiger partial charge < -0.3 is 10.4 Å². The van der Waals surface area contributed by atoms with Crippen LogP contribution in [-0.4, -0.2) is 28.6 Å². The summed E-state index contributed by atoms with van der Waals surface area (Å²) >= 11 is 0. The van der Waals surface area contributed by atoms with E-state index in [0.29, 0.717) is 12.1 Å². The predicted octanol–water partition coefficient (Wildman–Crippen LogP) is 0.891. The van der Waals surface area contributed by atoms with Gasteiger partial charge in [-0.15, -0.1) is 0 Å². The summed E-state index contributed by atoms with van der Waals surface area (Å²) in [6.07, 6.45) is 2.29. The Labute approximate surface area is 89.3 Å². The zero-order chi connectivity index (χ0) is 11.3. The number of carbonyl (C=O) groups is 1. The molecule has 0 aromatic carbocycles. The largest absolute Gasteiger partial charge is 0.394 e. The van der Waals surface area contributed by atoms with E-state index in [-0.39, 0.29) is 18.6 Å². The molecule has 1 aromatic heterocycles. The van der Waals surface area contributed by atoms with Crippen molar-refractivity contribution in [3.63, 3.8) is 0 Å². The second-order valence-electron chi connectivity index (χ2n) is 3.43. The molecule has 1 atom stereocenters. The second-order valence-corrected chi connectivity index (χ2v) is 3.43. The third-order valence-corrected chi connectivity index (χ3v) is 2.27. The summed E-state index contributed by atoms with van der Waals surface area (Å²) in [5.74, 6) is -0.228. The Bertz CT molecular complexity index is 335. The van der Waals surface area contributed by atoms with Gasteiger partial charge >= 0.3 is 0 Å². The van der Waals surface area contributed by atoms with Crippen LogP contribution < -0.4 is 5.32 Å². The molecule has 0 spiro atoms. The third-order valence-electron chi connectivity index (χ3n) is 2.27. The van der Waals surface area contributed by atoms with Crippen LogP contribution in [0.2, 0.25) is 0 Å². The maximum Gasteiger partial charge on any atom is 0.270 e. The van der Waals surface area contributed by atoms with Crippen molar-refractivity contribution in [3.05, 3.63) is 29.6 Å². The van der Waals surface area contributed by atoms with Crippen molar-refractivity contribution in [1.82, 2.24) is 10.3 Å². The minimum atomic E-state index is -0.228. The van der Waals surface area contributed by atoms with Crippen LogP contribution in [0.15, 0.2) is 18.3 Å². The van der Waals surface area contributed by atoms with Crippen molar-refractivity contribution in [2.75, 3.05) is 6.61 Å². The average Bonchev–Trinajstić information content (AvgIpc) is 2.26. The fourth-order valence-corrected chi connectivity index (χ4v) is 1.25. The van der Waals surface area contributed by atoms with E-state index in [9.17, 15) is 4.79 Å². The molecule has 0 unspecified atom stereocenters. The third kappa shape index (κ3) is 3.02. The van der Waals surface area contributed by atoms with Crippen LogP contribution in [0.3, 0.4) is 0 Å². The minimum absolute atomic E-state index is 0.0475. The smallest absolute Gasteiger partial charge is 0.270 e. The van der Waals surface area contributed by atoms with Crippen molar-refractivity contribution in [2.24, 2.45) is 0 Å². The normalized spacial score (nSPS) is 12.2. The zero-order valence-corrected chi connectivity index (χ0v) is 9.03. The molecule has 2 N–H and O–H groups in total. The molecule has 15 heavy (non-hydrogen) atoms. The number of nitrogens with one attached hydrogen (secondary N) is 1. The van der Waals surface area contributed by atoms with Gasteiger partial charge in [-0.3, -0.25) is 9.78 Å². The lowest BCUT2D eigenvalue weighted by Gasteiger charge is -2.14. The summed E-state index contributed by atoms with van der Waals surface area (Å²) in [7, 11) is 0. The lowest BCUT2D eigenvalue weighted by molar-refractivity contribution is 0.0909. The predicted molar refractivity (Wildman–Crippen MR) is 57.6 cm³/mol. The number of pyridine rings is 1. The van der Waals surface area contributed by atoms with E-state index in [0.717, 1.165) is 5.56 Å². The van der Waals surface area contributed by atoms with E-state index < -0.39 is 0 Å². The van der Waals surface area contributed by atoms with Crippen molar-refractivity contribution in [2.45, 2.75) is 26.3 Å². The zero-order valence-electron chi connectivity index (χ0n) is 9.03. The summed E-state index contributed by atoms with van der Waals surface area (Å²) < 4.78 is 0. The molecule has 82 valence electrons. The van der Waals surface area contributed by atoms with Gasteiger partial charge in [-0.1, -0.05) is 13.0 Å². The van der Waals surface area contributed by atoms with E-state index in [1.54, 1.807) is 12.3 Å². The molecular formula is C11H16N2O2. The number of amides is 1. The molecule has 0 bridgehead atoms. The summed E-state index contributed by atoms with van der Waals surface area (Å²) in [4.78, 5) is 15.7. The van der Waals surface area contributed by atoms with Gasteiger partial charge in [0, 0.05) is 6.20 Å². The van der Waals surface area contributed by atoms with E-state index in [1.165, 1.54) is 0 Å². The quantitative estimate of drug-likeness (QED) is 0.772. The molecular weight excluding hydrogens is 192 g/mol. The molecule has 1 amide bonds. The molecule has 0 fully saturated rings. The molecule has 1 rings (SSSR count). The van der Waals surface area contributed by atoms with Gasteiger partial charge in [-0.05, 0) is 25.0 Å². The van der Waals surface area contributed by atoms with Gasteiger partial charge in [-0.2, -0.15) is 0 Å². The van der Waals surface area contributed by atoms with Crippen LogP contribution in [0.4, 0.5) is 0 Å². The highest BCUT2D eigenvalue weighted by Gasteiger charge is 2.13. The number of hydrogen-bond donors (Lipinski definition) is 2. The van der Waals surface area contributed by atoms with Gasteiger partial charge in [0.05, 0.1) is 12.6 Å². The Morgan fingerprint density at radius 3 is 2.93 bits per heavy atom. The van der Waals surface area contributed by atoms with Gasteiger partial charge in [0.25, 0.3) is 5.91 Å². The molecule has 0 saturated heterocycles. The molecule has 4 heteroatoms. The molecule has 0 saturated carbocycles. The maximum absolute atomic E-state index is 11.7. The molecule has 4 nitrogen and oxygen atoms in total. The Morgan fingerprint density at radius 2 is 2.40 bits per heavy atom. The number of aryl methyl sites for hydroxylation is 1. The minimum Gasteiger partial charge on any atom is -0.394 e. The second kappa shape index (κ2) is 5.46. The number of aliphatic hydroxyl groups is 1. The number of carbonyl (C=O) groups excluding carboxylic acids is 1. The van der Waals surface area contributed by atoms with Crippen molar-refractivity contribution in [3.8, 4) is 0 Å². The SMILES string of the molecule is CC[C@H](CO)NC(=O)c1ncccc1C. The highest BCUT2D eigenvalue weighted by atomic mass is 16.3. The van der Waals surface area contributed by atoms with Crippen LogP contribution in [0.1, 0.15) is 29.4 Å². The van der Waals surface area contributed by atoms with Gasteiger partial charge in [-0.25, -0.2) is 0 Å². The lowest BCUT2D eigenvalue weighted by atomic mass is 10.2. The van der Waals surface area contributed by atoms with Crippen molar-refractivity contribution >= 4 is 5.91 Å². The first-order valence-corrected chi connectivity index (χ1v) is 5.02. The number of rotatable bonds is 4. The topological polar surface area (TPSA) is 62.2 Å². The summed E-state index contributed by atoms with van der Waals surface area (Å²) in [5, 5.41) is 11.7. The number of hydrogen-bond acceptors (Lipinski definition) is 3. The fraction of sp³-hybridized carbons (Fsp3) is 0.455. The Balaban J connectivity index is 2.73. The number of nitrogens with zero attached hydrogens (tertiary/aromatic N) is 1. The van der Waals surface area contributed by atoms with Crippen LogP contribution in [0.25, 0.3) is 0 Å². The van der Waals surface area contributed by atoms with E-state index >= 15 is 0 Å². The lowest BCUT2D eigenvalue weighted by Crippen LogP contribution is -2.37. The van der Waals surface area contributed by atoms with Gasteiger partial charge in [0.2, 0.25) is 0 Å². The summed E-state index contributed by atoms with van der Waals surface area (Å²) in [6.45, 7) is 3.70. The van der Waals surface area contributed by atoms with Crippen molar-refractivity contribution in [1.29, 1.82) is 0 Å². The molecule has 0 radical (unpaired) electrons. The molecule has 1 heterocycles. The molecule has 0 aliphatic heterocycles. The number of aromatic nitrogens is 1. The van der Waals surface area contributed by atoms with Gasteiger partial charge in [0.15, 0.2) is 0 Å². The molecule has 1 aromatic rings. The van der Waals surface area contributed by atoms with Crippen LogP contribution >= 0.6 is 0 Å². The fourth-order valence-electron chi connectivity index (χ4n) is 1.25. The average molecular weight is 208 g/mol. The van der Waals surface area contributed by atoms with Crippen molar-refractivity contribution < 1.29 is 9.90 Å². The van der Waals surface area contributed by atoms with E-state index in [2.05, 4.69) is 10.3 Å². The standard InChI is InChI=1S/C11H16N2O2/c1-3-9(7-14)13-11(15)10-8(2)5-4-6-12-10/h4-6,9,14H,3,7H2,1-2H3,(H,13,15)/t9-/m1/s1. The maximum atomic E-state index is 11.7. The van der Waals surface area contributed by atoms with E-state index in [4.69, 9.17) is 5.11 Å². The van der Waals surface area contributed by atoms with Gasteiger partial charge in [0.1, 0.15) is 5.69 Å². The summed E-state index contributed by atoms with van der Waals surface area (Å²) in [6, 6.07) is 3.43. The highest BCUT2D eigenvalue weighted by molar-refractivity contribution is 5.93. The first-order valence-electron chi connectivity index (χ1n) is 5.02. The first-order chi connectivity index (χ1) is 7.19. The summed E-state index contributed by atoms with van der Waals surface area (Å²) in [5.41, 5.74) is 1.26. The Kier molecular flexibility index (Phi) is 4.24. The van der Waals surface area contributed by atoms with Crippen LogP contribution in [0, 0.1) is 6.92 Å². The van der Waals surface area contributed by atoms with Crippen LogP contribution in [-0.2, 0) is 0 Å². The first kappa shape index (κ1) is 11.7. The number of aliphatic hydroxyl groups excluding tert-OH is 1.